The molecule has 1 aromatic rings. The lowest BCUT2D eigenvalue weighted by molar-refractivity contribution is -0.143. The summed E-state index contributed by atoms with van der Waals surface area (Å²) in [5.74, 6) is 0.00869. The standard InChI is InChI=1S/C16H23N3O2/c20-15(21)16(9-5-2-6-10-16)19-14-12-7-3-1-4-8-13(12)17-11-18-14/h11H,1-10H2,(H,20,21)(H,17,18,19). The van der Waals surface area contributed by atoms with Crippen LogP contribution in [0.25, 0.3) is 0 Å². The van der Waals surface area contributed by atoms with Gasteiger partial charge in [0.25, 0.3) is 0 Å². The van der Waals surface area contributed by atoms with Crippen LogP contribution >= 0.6 is 0 Å². The number of carboxylic acids is 1. The number of fused-ring (bicyclic) bond motifs is 1. The van der Waals surface area contributed by atoms with Gasteiger partial charge in [0.1, 0.15) is 17.7 Å². The molecule has 2 N–H and O–H groups in total. The van der Waals surface area contributed by atoms with Crippen LogP contribution in [0.1, 0.15) is 62.6 Å². The van der Waals surface area contributed by atoms with E-state index in [2.05, 4.69) is 15.3 Å². The molecule has 0 spiro atoms. The number of aromatic nitrogens is 2. The fourth-order valence-corrected chi connectivity index (χ4v) is 3.58. The number of anilines is 1. The highest BCUT2D eigenvalue weighted by atomic mass is 16.4. The molecule has 5 heteroatoms. The topological polar surface area (TPSA) is 75.1 Å². The third kappa shape index (κ3) is 2.87. The first-order chi connectivity index (χ1) is 10.2. The minimum Gasteiger partial charge on any atom is -0.480 e. The molecule has 5 nitrogen and oxygen atoms in total. The molecular formula is C16H23N3O2. The highest BCUT2D eigenvalue weighted by Crippen LogP contribution is 2.34. The minimum atomic E-state index is -0.841. The Bertz CT molecular complexity index is 524. The van der Waals surface area contributed by atoms with Gasteiger partial charge >= 0.3 is 5.97 Å². The number of aryl methyl sites for hydroxylation is 1. The lowest BCUT2D eigenvalue weighted by Crippen LogP contribution is -2.48. The Morgan fingerprint density at radius 2 is 1.76 bits per heavy atom. The van der Waals surface area contributed by atoms with Crippen LogP contribution in [0.15, 0.2) is 6.33 Å². The summed E-state index contributed by atoms with van der Waals surface area (Å²) < 4.78 is 0. The summed E-state index contributed by atoms with van der Waals surface area (Å²) >= 11 is 0. The van der Waals surface area contributed by atoms with Gasteiger partial charge in [-0.15, -0.1) is 0 Å². The number of aliphatic carboxylic acids is 1. The Morgan fingerprint density at radius 3 is 2.52 bits per heavy atom. The zero-order valence-electron chi connectivity index (χ0n) is 12.4. The zero-order valence-corrected chi connectivity index (χ0v) is 12.4. The van der Waals surface area contributed by atoms with Gasteiger partial charge in [-0.3, -0.25) is 0 Å². The number of hydrogen-bond acceptors (Lipinski definition) is 4. The molecule has 2 aliphatic carbocycles. The highest BCUT2D eigenvalue weighted by Gasteiger charge is 2.40. The molecule has 0 amide bonds. The van der Waals surface area contributed by atoms with Crippen molar-refractivity contribution in [3.8, 4) is 0 Å². The van der Waals surface area contributed by atoms with E-state index < -0.39 is 11.5 Å². The van der Waals surface area contributed by atoms with Crippen molar-refractivity contribution in [2.24, 2.45) is 0 Å². The van der Waals surface area contributed by atoms with Crippen LogP contribution in [0, 0.1) is 0 Å². The third-order valence-corrected chi connectivity index (χ3v) is 4.85. The number of nitrogens with one attached hydrogen (secondary N) is 1. The summed E-state index contributed by atoms with van der Waals surface area (Å²) in [4.78, 5) is 20.6. The fraction of sp³-hybridized carbons (Fsp3) is 0.688. The van der Waals surface area contributed by atoms with Crippen molar-refractivity contribution in [3.63, 3.8) is 0 Å². The average Bonchev–Trinajstić information content (AvgIpc) is 2.74. The van der Waals surface area contributed by atoms with Crippen molar-refractivity contribution in [1.82, 2.24) is 9.97 Å². The number of nitrogens with zero attached hydrogens (tertiary/aromatic N) is 2. The molecule has 114 valence electrons. The molecule has 0 bridgehead atoms. The molecule has 0 aliphatic heterocycles. The molecular weight excluding hydrogens is 266 g/mol. The molecule has 0 saturated heterocycles. The maximum Gasteiger partial charge on any atom is 0.329 e. The van der Waals surface area contributed by atoms with E-state index in [4.69, 9.17) is 0 Å². The van der Waals surface area contributed by atoms with Gasteiger partial charge in [-0.2, -0.15) is 0 Å². The van der Waals surface area contributed by atoms with Gasteiger partial charge in [0.05, 0.1) is 0 Å². The molecule has 2 aliphatic rings. The van der Waals surface area contributed by atoms with E-state index in [0.29, 0.717) is 12.8 Å². The summed E-state index contributed by atoms with van der Waals surface area (Å²) in [6.45, 7) is 0. The SMILES string of the molecule is O=C(O)C1(Nc2ncnc3c2CCCCC3)CCCCC1. The van der Waals surface area contributed by atoms with E-state index in [1.807, 2.05) is 0 Å². The van der Waals surface area contributed by atoms with Gasteiger partial charge in [0.2, 0.25) is 0 Å². The quantitative estimate of drug-likeness (QED) is 0.837. The molecule has 21 heavy (non-hydrogen) atoms. The van der Waals surface area contributed by atoms with E-state index in [-0.39, 0.29) is 0 Å². The van der Waals surface area contributed by atoms with Crippen LogP contribution in [-0.4, -0.2) is 26.6 Å². The highest BCUT2D eigenvalue weighted by molar-refractivity contribution is 5.83. The summed E-state index contributed by atoms with van der Waals surface area (Å²) in [6, 6.07) is 0. The van der Waals surface area contributed by atoms with Gasteiger partial charge in [-0.1, -0.05) is 25.7 Å². The number of carbonyl (C=O) groups is 1. The van der Waals surface area contributed by atoms with E-state index in [9.17, 15) is 9.90 Å². The van der Waals surface area contributed by atoms with Gasteiger partial charge in [0.15, 0.2) is 0 Å². The van der Waals surface area contributed by atoms with Gasteiger partial charge in [-0.25, -0.2) is 14.8 Å². The van der Waals surface area contributed by atoms with E-state index in [1.165, 1.54) is 6.42 Å². The Kier molecular flexibility index (Phi) is 4.08. The summed E-state index contributed by atoms with van der Waals surface area (Å²) in [7, 11) is 0. The van der Waals surface area contributed by atoms with Crippen LogP contribution in [0.5, 0.6) is 0 Å². The largest absolute Gasteiger partial charge is 0.480 e. The molecule has 3 rings (SSSR count). The van der Waals surface area contributed by atoms with E-state index in [0.717, 1.165) is 62.0 Å². The Balaban J connectivity index is 1.91. The maximum absolute atomic E-state index is 11.8. The third-order valence-electron chi connectivity index (χ3n) is 4.85. The molecule has 0 radical (unpaired) electrons. The summed E-state index contributed by atoms with van der Waals surface area (Å²) in [6.07, 6.45) is 11.4. The van der Waals surface area contributed by atoms with Crippen molar-refractivity contribution in [1.29, 1.82) is 0 Å². The van der Waals surface area contributed by atoms with Crippen LogP contribution < -0.4 is 5.32 Å². The van der Waals surface area contributed by atoms with E-state index in [1.54, 1.807) is 6.33 Å². The van der Waals surface area contributed by atoms with Crippen molar-refractivity contribution < 1.29 is 9.90 Å². The molecule has 0 unspecified atom stereocenters. The van der Waals surface area contributed by atoms with Crippen LogP contribution in [0.2, 0.25) is 0 Å². The normalized spacial score (nSPS) is 21.1. The fourth-order valence-electron chi connectivity index (χ4n) is 3.58. The van der Waals surface area contributed by atoms with Gasteiger partial charge < -0.3 is 10.4 Å². The molecule has 0 aromatic carbocycles. The Hall–Kier alpha value is -1.65. The molecule has 1 saturated carbocycles. The maximum atomic E-state index is 11.8. The van der Waals surface area contributed by atoms with Gasteiger partial charge in [-0.05, 0) is 38.5 Å². The van der Waals surface area contributed by atoms with Crippen molar-refractivity contribution >= 4 is 11.8 Å². The number of hydrogen-bond donors (Lipinski definition) is 2. The first kappa shape index (κ1) is 14.3. The predicted octanol–water partition coefficient (Wildman–Crippen LogP) is 2.94. The first-order valence-electron chi connectivity index (χ1n) is 8.06. The summed E-state index contributed by atoms with van der Waals surface area (Å²) in [5.41, 5.74) is 1.40. The number of rotatable bonds is 3. The first-order valence-corrected chi connectivity index (χ1v) is 8.06. The van der Waals surface area contributed by atoms with Crippen molar-refractivity contribution in [3.05, 3.63) is 17.6 Å². The van der Waals surface area contributed by atoms with Crippen LogP contribution in [0.3, 0.4) is 0 Å². The van der Waals surface area contributed by atoms with Gasteiger partial charge in [0, 0.05) is 11.3 Å². The van der Waals surface area contributed by atoms with Crippen LogP contribution in [-0.2, 0) is 17.6 Å². The zero-order chi connectivity index (χ0) is 14.7. The molecule has 0 atom stereocenters. The predicted molar refractivity (Wildman–Crippen MR) is 80.4 cm³/mol. The lowest BCUT2D eigenvalue weighted by atomic mass is 9.81. The molecule has 1 fully saturated rings. The van der Waals surface area contributed by atoms with Crippen LogP contribution in [0.4, 0.5) is 5.82 Å². The Labute approximate surface area is 125 Å². The number of carboxylic acid groups (broad SMARTS) is 1. The van der Waals surface area contributed by atoms with E-state index >= 15 is 0 Å². The molecule has 1 heterocycles. The monoisotopic (exact) mass is 289 g/mol. The lowest BCUT2D eigenvalue weighted by Gasteiger charge is -2.35. The molecule has 1 aromatic heterocycles. The second-order valence-electron chi connectivity index (χ2n) is 6.28. The second-order valence-corrected chi connectivity index (χ2v) is 6.28. The smallest absolute Gasteiger partial charge is 0.329 e. The Morgan fingerprint density at radius 1 is 1.05 bits per heavy atom. The minimum absolute atomic E-state index is 0.682. The van der Waals surface area contributed by atoms with Crippen molar-refractivity contribution in [2.75, 3.05) is 5.32 Å². The summed E-state index contributed by atoms with van der Waals surface area (Å²) in [5, 5.41) is 13.0. The van der Waals surface area contributed by atoms with Crippen molar-refractivity contribution in [2.45, 2.75) is 69.7 Å². The second kappa shape index (κ2) is 6.00. The average molecular weight is 289 g/mol.